The standard InChI is InChI=1S/C51H85NO12Si/c1-15-23-61-42-29-36(20-21-39(42)53)27-33(5)45-35(7)41(64-65(13,14)50(8,9)10)30-40(54)37(16-2)25-31(3)24-32(4)26-43(59-11)46-44(60-12)28-34(6)51(58,63-46)47(55)48(56)52-22-18-17-19-38(52)49(57)62-45/h15,25,27,32,34-39,41-46,53,58H,1,16-24,26,28-30H2,2-14H3. The molecule has 4 rings (SSSR count). The lowest BCUT2D eigenvalue weighted by molar-refractivity contribution is -0.302. The molecule has 2 N–H and O–H groups in total. The number of ether oxygens (including phenoxy) is 5. The van der Waals surface area contributed by atoms with E-state index in [1.165, 1.54) is 4.90 Å². The number of allylic oxidation sites excluding steroid dienone is 3. The molecule has 0 radical (unpaired) electrons. The lowest BCUT2D eigenvalue weighted by Crippen LogP contribution is -2.64. The van der Waals surface area contributed by atoms with E-state index in [4.69, 9.17) is 28.1 Å². The van der Waals surface area contributed by atoms with Crippen molar-refractivity contribution in [1.29, 1.82) is 0 Å². The number of fused-ring (bicyclic) bond motifs is 3. The lowest BCUT2D eigenvalue weighted by Gasteiger charge is -2.47. The molecule has 3 aliphatic heterocycles. The Morgan fingerprint density at radius 3 is 2.25 bits per heavy atom. The Balaban J connectivity index is 1.88. The van der Waals surface area contributed by atoms with Crippen LogP contribution in [0.2, 0.25) is 18.1 Å². The van der Waals surface area contributed by atoms with Gasteiger partial charge < -0.3 is 43.2 Å². The van der Waals surface area contributed by atoms with Crippen molar-refractivity contribution < 1.29 is 57.5 Å². The highest BCUT2D eigenvalue weighted by Crippen LogP contribution is 2.42. The molecule has 370 valence electrons. The molecule has 3 heterocycles. The minimum absolute atomic E-state index is 0.00605. The summed E-state index contributed by atoms with van der Waals surface area (Å²) in [6.45, 7) is 26.7. The summed E-state index contributed by atoms with van der Waals surface area (Å²) in [7, 11) is 0.570. The number of hydrogen-bond donors (Lipinski definition) is 2. The van der Waals surface area contributed by atoms with Crippen molar-refractivity contribution in [2.24, 2.45) is 29.6 Å². The van der Waals surface area contributed by atoms with Gasteiger partial charge in [-0.15, -0.1) is 6.58 Å². The van der Waals surface area contributed by atoms with Crippen molar-refractivity contribution in [3.63, 3.8) is 0 Å². The molecule has 14 heteroatoms. The number of hydrogen-bond acceptors (Lipinski definition) is 12. The van der Waals surface area contributed by atoms with Gasteiger partial charge in [0.1, 0.15) is 24.0 Å². The molecule has 1 aliphatic carbocycles. The van der Waals surface area contributed by atoms with E-state index >= 15 is 0 Å². The predicted molar refractivity (Wildman–Crippen MR) is 253 cm³/mol. The molecule has 14 unspecified atom stereocenters. The van der Waals surface area contributed by atoms with Crippen LogP contribution in [0.25, 0.3) is 0 Å². The first-order valence-corrected chi connectivity index (χ1v) is 27.3. The van der Waals surface area contributed by atoms with E-state index in [1.807, 2.05) is 27.7 Å². The number of carbonyl (C=O) groups excluding carboxylic acids is 4. The van der Waals surface area contributed by atoms with E-state index in [9.17, 15) is 29.4 Å². The molecule has 0 spiro atoms. The Labute approximate surface area is 391 Å². The van der Waals surface area contributed by atoms with Crippen molar-refractivity contribution in [3.8, 4) is 0 Å². The van der Waals surface area contributed by atoms with Gasteiger partial charge in [-0.05, 0) is 114 Å². The fourth-order valence-electron chi connectivity index (χ4n) is 10.2. The average molecular weight is 932 g/mol. The molecular weight excluding hydrogens is 847 g/mol. The first-order chi connectivity index (χ1) is 30.4. The minimum Gasteiger partial charge on any atom is -0.456 e. The highest BCUT2D eigenvalue weighted by Gasteiger charge is 2.57. The average Bonchev–Trinajstić information content (AvgIpc) is 3.25. The zero-order valence-corrected chi connectivity index (χ0v) is 43.1. The quantitative estimate of drug-likeness (QED) is 0.0938. The Kier molecular flexibility index (Phi) is 20.0. The Hall–Kier alpha value is -2.56. The van der Waals surface area contributed by atoms with Gasteiger partial charge >= 0.3 is 5.97 Å². The van der Waals surface area contributed by atoms with Crippen molar-refractivity contribution in [1.82, 2.24) is 4.90 Å². The van der Waals surface area contributed by atoms with E-state index < -0.39 is 92.4 Å². The molecule has 13 nitrogen and oxygen atoms in total. The summed E-state index contributed by atoms with van der Waals surface area (Å²) in [6.07, 6.45) is 6.54. The molecule has 14 atom stereocenters. The van der Waals surface area contributed by atoms with Gasteiger partial charge in [0.25, 0.3) is 11.7 Å². The maximum absolute atomic E-state index is 14.8. The van der Waals surface area contributed by atoms with Crippen molar-refractivity contribution in [2.75, 3.05) is 27.4 Å². The first-order valence-electron chi connectivity index (χ1n) is 24.4. The van der Waals surface area contributed by atoms with E-state index in [2.05, 4.69) is 59.5 Å². The molecule has 3 fully saturated rings. The Morgan fingerprint density at radius 2 is 1.63 bits per heavy atom. The van der Waals surface area contributed by atoms with Crippen LogP contribution in [0.1, 0.15) is 133 Å². The largest absolute Gasteiger partial charge is 0.456 e. The van der Waals surface area contributed by atoms with Crippen LogP contribution in [-0.2, 0) is 47.3 Å². The van der Waals surface area contributed by atoms with Gasteiger partial charge in [0, 0.05) is 44.9 Å². The number of aliphatic hydroxyl groups is 2. The van der Waals surface area contributed by atoms with Gasteiger partial charge in [0.2, 0.25) is 5.79 Å². The van der Waals surface area contributed by atoms with E-state index in [-0.39, 0.29) is 54.4 Å². The second kappa shape index (κ2) is 23.6. The fourth-order valence-corrected chi connectivity index (χ4v) is 11.6. The molecule has 0 aromatic rings. The van der Waals surface area contributed by atoms with Crippen molar-refractivity contribution >= 4 is 31.8 Å². The second-order valence-corrected chi connectivity index (χ2v) is 26.1. The van der Waals surface area contributed by atoms with Crippen LogP contribution in [0.15, 0.2) is 36.0 Å². The molecular formula is C51H85NO12Si. The highest BCUT2D eigenvalue weighted by atomic mass is 28.4. The Bertz CT molecular complexity index is 1710. The van der Waals surface area contributed by atoms with Crippen molar-refractivity contribution in [3.05, 3.63) is 36.0 Å². The summed E-state index contributed by atoms with van der Waals surface area (Å²) in [4.78, 5) is 59.7. The van der Waals surface area contributed by atoms with Crippen LogP contribution in [0, 0.1) is 29.6 Å². The molecule has 0 aromatic heterocycles. The van der Waals surface area contributed by atoms with Crippen LogP contribution in [0.4, 0.5) is 0 Å². The number of nitrogens with zero attached hydrogens (tertiary/aromatic N) is 1. The number of carbonyl (C=O) groups is 4. The summed E-state index contributed by atoms with van der Waals surface area (Å²) >= 11 is 0. The third kappa shape index (κ3) is 13.6. The van der Waals surface area contributed by atoms with Crippen LogP contribution >= 0.6 is 0 Å². The smallest absolute Gasteiger partial charge is 0.329 e. The molecule has 1 saturated carbocycles. The van der Waals surface area contributed by atoms with Crippen molar-refractivity contribution in [2.45, 2.75) is 206 Å². The number of amides is 1. The number of methoxy groups -OCH3 is 2. The highest BCUT2D eigenvalue weighted by molar-refractivity contribution is 6.74. The number of Topliss-reactive ketones (excluding diaryl/α,β-unsaturated/α-hetero) is 2. The third-order valence-electron chi connectivity index (χ3n) is 15.2. The number of rotatable bonds is 10. The molecule has 2 bridgehead atoms. The summed E-state index contributed by atoms with van der Waals surface area (Å²) in [5, 5.41) is 22.8. The Morgan fingerprint density at radius 1 is 0.969 bits per heavy atom. The van der Waals surface area contributed by atoms with Gasteiger partial charge in [-0.3, -0.25) is 14.4 Å². The number of esters is 1. The molecule has 1 amide bonds. The van der Waals surface area contributed by atoms with E-state index in [0.29, 0.717) is 58.0 Å². The monoisotopic (exact) mass is 932 g/mol. The topological polar surface area (TPSA) is 167 Å². The normalized spacial score (nSPS) is 37.2. The summed E-state index contributed by atoms with van der Waals surface area (Å²) < 4.78 is 38.0. The van der Waals surface area contributed by atoms with Gasteiger partial charge in [-0.25, -0.2) is 4.79 Å². The van der Waals surface area contributed by atoms with Gasteiger partial charge in [0.15, 0.2) is 8.32 Å². The second-order valence-electron chi connectivity index (χ2n) is 21.4. The van der Waals surface area contributed by atoms with Gasteiger partial charge in [-0.1, -0.05) is 72.3 Å². The maximum Gasteiger partial charge on any atom is 0.329 e. The fraction of sp³-hybridized carbons (Fsp3) is 0.804. The third-order valence-corrected chi connectivity index (χ3v) is 19.7. The lowest BCUT2D eigenvalue weighted by atomic mass is 9.81. The van der Waals surface area contributed by atoms with Gasteiger partial charge in [-0.2, -0.15) is 0 Å². The zero-order valence-electron chi connectivity index (χ0n) is 42.1. The molecule has 2 saturated heterocycles. The first kappa shape index (κ1) is 55.0. The summed E-state index contributed by atoms with van der Waals surface area (Å²) in [6, 6.07) is -1.12. The summed E-state index contributed by atoms with van der Waals surface area (Å²) in [5.41, 5.74) is 1.80. The van der Waals surface area contributed by atoms with Crippen LogP contribution < -0.4 is 0 Å². The number of aliphatic hydroxyl groups excluding tert-OH is 1. The molecule has 0 aromatic carbocycles. The number of piperidine rings is 1. The van der Waals surface area contributed by atoms with Crippen LogP contribution in [0.5, 0.6) is 0 Å². The van der Waals surface area contributed by atoms with Crippen LogP contribution in [0.3, 0.4) is 0 Å². The minimum atomic E-state index is -2.54. The number of ketones is 2. The SMILES string of the molecule is C=CCOC1CC(C=C(C)C2OC(=O)C3CCCCN3C(=O)C(=O)C3(O)OC(C(OC)CC(C)CC(C)=CC(CC)C(=O)CC(O[Si](C)(C)C(C)(C)C)C2C)C(OC)CC3C)CCC1O. The summed E-state index contributed by atoms with van der Waals surface area (Å²) in [5.74, 6) is -6.97. The van der Waals surface area contributed by atoms with E-state index in [0.717, 1.165) is 11.1 Å². The van der Waals surface area contributed by atoms with E-state index in [1.54, 1.807) is 27.2 Å². The maximum atomic E-state index is 14.8. The zero-order chi connectivity index (χ0) is 48.6. The predicted octanol–water partition coefficient (Wildman–Crippen LogP) is 8.06. The molecule has 4 aliphatic rings. The van der Waals surface area contributed by atoms with Crippen LogP contribution in [-0.4, -0.2) is 129 Å². The number of cyclic esters (lactones) is 1. The van der Waals surface area contributed by atoms with Gasteiger partial charge in [0.05, 0.1) is 37.1 Å². The molecule has 65 heavy (non-hydrogen) atoms.